The molecular formula is C76H105N21O18S2. The minimum Gasteiger partial charge on any atom is -0.508 e. The van der Waals surface area contributed by atoms with Crippen molar-refractivity contribution in [3.8, 4) is 5.75 Å². The Kier molecular flexibility index (Phi) is 36.3. The lowest BCUT2D eigenvalue weighted by atomic mass is 10.0. The molecule has 0 bridgehead atoms. The molecule has 0 unspecified atom stereocenters. The lowest BCUT2D eigenvalue weighted by Gasteiger charge is -2.31. The van der Waals surface area contributed by atoms with Gasteiger partial charge in [0, 0.05) is 99.2 Å². The number of fused-ring (bicyclic) bond motifs is 1. The zero-order valence-electron chi connectivity index (χ0n) is 64.9. The number of aromatic amines is 2. The fourth-order valence-corrected chi connectivity index (χ4v) is 13.7. The average molecular weight is 1660 g/mol. The normalized spacial score (nSPS) is 21.1. The molecule has 2 aliphatic rings. The predicted molar refractivity (Wildman–Crippen MR) is 431 cm³/mol. The molecule has 0 saturated carbocycles. The Balaban J connectivity index is 1.25. The highest BCUT2D eigenvalue weighted by atomic mass is 32.1. The van der Waals surface area contributed by atoms with E-state index in [4.69, 9.17) is 16.9 Å². The summed E-state index contributed by atoms with van der Waals surface area (Å²) < 4.78 is 0. The number of guanidine groups is 1. The summed E-state index contributed by atoms with van der Waals surface area (Å²) in [6.45, 7) is 2.36. The number of aromatic nitrogens is 3. The van der Waals surface area contributed by atoms with E-state index in [-0.39, 0.29) is 101 Å². The number of nitrogens with one attached hydrogen (secondary N) is 17. The number of para-hydroxylation sites is 1. The van der Waals surface area contributed by atoms with E-state index in [1.165, 1.54) is 41.7 Å². The van der Waals surface area contributed by atoms with Crippen molar-refractivity contribution in [1.82, 2.24) is 94.3 Å². The molecule has 13 atom stereocenters. The molecule has 41 heteroatoms. The largest absolute Gasteiger partial charge is 0.508 e. The van der Waals surface area contributed by atoms with Crippen LogP contribution >= 0.6 is 25.3 Å². The zero-order chi connectivity index (χ0) is 85.4. The van der Waals surface area contributed by atoms with Crippen molar-refractivity contribution >= 4 is 131 Å². The van der Waals surface area contributed by atoms with E-state index in [0.717, 1.165) is 6.92 Å². The first-order valence-electron chi connectivity index (χ1n) is 38.2. The van der Waals surface area contributed by atoms with Crippen molar-refractivity contribution in [1.29, 1.82) is 5.41 Å². The molecule has 4 heterocycles. The number of primary amides is 1. The summed E-state index contributed by atoms with van der Waals surface area (Å²) in [7, 11) is 0. The van der Waals surface area contributed by atoms with E-state index >= 15 is 24.0 Å². The second-order valence-corrected chi connectivity index (χ2v) is 29.4. The molecule has 634 valence electrons. The van der Waals surface area contributed by atoms with Gasteiger partial charge in [-0.25, -0.2) is 4.98 Å². The van der Waals surface area contributed by atoms with E-state index in [1.54, 1.807) is 74.6 Å². The number of aromatic hydroxyl groups is 1. The van der Waals surface area contributed by atoms with Gasteiger partial charge in [-0.2, -0.15) is 25.3 Å². The second-order valence-electron chi connectivity index (χ2n) is 28.7. The van der Waals surface area contributed by atoms with Crippen LogP contribution in [0.5, 0.6) is 5.75 Å². The van der Waals surface area contributed by atoms with Gasteiger partial charge < -0.3 is 116 Å². The minimum atomic E-state index is -1.88. The molecule has 2 fully saturated rings. The van der Waals surface area contributed by atoms with Gasteiger partial charge in [-0.05, 0) is 92.2 Å². The number of phenols is 1. The van der Waals surface area contributed by atoms with Crippen molar-refractivity contribution < 1.29 is 87.2 Å². The third kappa shape index (κ3) is 28.5. The highest BCUT2D eigenvalue weighted by molar-refractivity contribution is 7.80. The average Bonchev–Trinajstić information content (AvgIpc) is 1.70. The maximum Gasteiger partial charge on any atom is 0.245 e. The second kappa shape index (κ2) is 46.0. The van der Waals surface area contributed by atoms with Crippen LogP contribution in [0.25, 0.3) is 10.9 Å². The van der Waals surface area contributed by atoms with Gasteiger partial charge in [-0.15, -0.1) is 0 Å². The number of thiol groups is 2. The smallest absolute Gasteiger partial charge is 0.245 e. The van der Waals surface area contributed by atoms with Crippen LogP contribution in [-0.2, 0) is 97.6 Å². The molecule has 39 nitrogen and oxygen atoms in total. The van der Waals surface area contributed by atoms with Gasteiger partial charge in [0.25, 0.3) is 0 Å². The topological polar surface area (TPSA) is 609 Å². The lowest BCUT2D eigenvalue weighted by molar-refractivity contribution is -0.142. The van der Waals surface area contributed by atoms with Crippen LogP contribution in [0.15, 0.2) is 97.6 Å². The van der Waals surface area contributed by atoms with Crippen LogP contribution < -0.4 is 85.9 Å². The number of H-pyrrole nitrogens is 2. The molecule has 15 amide bonds. The molecule has 0 spiro atoms. The molecule has 5 aromatic rings. The van der Waals surface area contributed by atoms with Crippen molar-refractivity contribution in [2.75, 3.05) is 44.4 Å². The Morgan fingerprint density at radius 3 is 1.84 bits per heavy atom. The summed E-state index contributed by atoms with van der Waals surface area (Å²) in [6.07, 6.45) is 2.41. The molecule has 24 N–H and O–H groups in total. The van der Waals surface area contributed by atoms with Gasteiger partial charge >= 0.3 is 0 Å². The maximum absolute atomic E-state index is 15.2. The van der Waals surface area contributed by atoms with Crippen LogP contribution in [0.4, 0.5) is 0 Å². The summed E-state index contributed by atoms with van der Waals surface area (Å²) in [4.78, 5) is 225. The summed E-state index contributed by atoms with van der Waals surface area (Å²) in [5, 5.41) is 75.1. The zero-order valence-corrected chi connectivity index (χ0v) is 66.7. The van der Waals surface area contributed by atoms with Gasteiger partial charge in [0.2, 0.25) is 88.6 Å². The number of carbonyl (C=O) groups excluding carboxylic acids is 15. The maximum atomic E-state index is 15.2. The fourth-order valence-electron chi connectivity index (χ4n) is 13.1. The Morgan fingerprint density at radius 1 is 0.624 bits per heavy atom. The van der Waals surface area contributed by atoms with E-state index < -0.39 is 211 Å². The quantitative estimate of drug-likeness (QED) is 0.00886. The number of imidazole rings is 1. The number of amides is 15. The number of hydrogen-bond acceptors (Lipinski definition) is 22. The van der Waals surface area contributed by atoms with Crippen LogP contribution in [0.2, 0.25) is 0 Å². The number of rotatable bonds is 30. The van der Waals surface area contributed by atoms with Crippen LogP contribution in [0, 0.1) is 11.3 Å². The molecule has 117 heavy (non-hydrogen) atoms. The van der Waals surface area contributed by atoms with E-state index in [1.807, 2.05) is 0 Å². The number of nitrogens with two attached hydrogens (primary N) is 2. The first-order valence-corrected chi connectivity index (χ1v) is 39.5. The number of carbonyl (C=O) groups is 15. The molecular weight excluding hydrogens is 1560 g/mol. The van der Waals surface area contributed by atoms with Crippen molar-refractivity contribution in [2.24, 2.45) is 17.4 Å². The number of likely N-dealkylation sites (tertiary alicyclic amines) is 1. The highest BCUT2D eigenvalue weighted by Gasteiger charge is 2.42. The molecule has 3 aromatic carbocycles. The van der Waals surface area contributed by atoms with Gasteiger partial charge in [0.15, 0.2) is 5.96 Å². The molecule has 2 aliphatic heterocycles. The molecule has 0 aliphatic carbocycles. The minimum absolute atomic E-state index is 0.00148. The van der Waals surface area contributed by atoms with Gasteiger partial charge in [0.05, 0.1) is 19.5 Å². The van der Waals surface area contributed by atoms with Crippen molar-refractivity contribution in [3.63, 3.8) is 0 Å². The summed E-state index contributed by atoms with van der Waals surface area (Å²) >= 11 is 8.76. The molecule has 0 radical (unpaired) electrons. The summed E-state index contributed by atoms with van der Waals surface area (Å²) in [5.41, 5.74) is 13.6. The number of benzene rings is 3. The molecule has 7 rings (SSSR count). The van der Waals surface area contributed by atoms with Crippen molar-refractivity contribution in [2.45, 2.75) is 183 Å². The van der Waals surface area contributed by atoms with Crippen LogP contribution in [0.3, 0.4) is 0 Å². The van der Waals surface area contributed by atoms with Crippen LogP contribution in [0.1, 0.15) is 101 Å². The van der Waals surface area contributed by atoms with E-state index in [9.17, 15) is 63.3 Å². The SMILES string of the molecule is CC(=O)N[C@@H](CO)C(=O)N[C@@H](Cc1ccc(O)cc1)C(=O)N[C@@H](CO)C(=O)N[C@@H](CS)C(=O)N[C@H]1CCC(=O)NCCCC[C@@H](C(=O)N2CCC[C@H]2C(=O)N[C@H](C(N)=O)C(C)C)NC(=O)[C@H](CS)NC(=O)[C@H](Cc2c[nH]c3ccccc23)NC(=O)[C@H](CCCNC(=N)N)NC(=O)[C@@H](Cc2ccccc2)NC(=O)[C@H](Cc2cnc[nH]2)NC1=O. The number of phenolic OH excluding ortho intramolecular Hbond substituents is 1. The van der Waals surface area contributed by atoms with Gasteiger partial charge in [-0.1, -0.05) is 74.5 Å². The van der Waals surface area contributed by atoms with E-state index in [0.29, 0.717) is 34.0 Å². The standard InChI is InChI=1S/C76H105N21O18S2/c1-40(2)62(63(77)103)96-74(114)60-19-12-28-97(60)75(115)51-17-9-10-26-81-61(102)25-24-50(87-72(112)58(37-116)95-71(111)57(36-99)93-67(107)53(30-43-20-22-46(101)23-21-43)90-70(110)56(35-98)85-41(3)100)65(105)92-55(32-45-34-80-39-84-45)69(109)89-52(29-42-13-5-4-6-14-42)66(106)86-49(18-11-27-82-76(78)79)64(104)91-54(68(108)94-59(38-117)73(113)88-51)31-44-33-83-48-16-8-7-15-47(44)48/h4-8,13-16,20-23,33-34,39-40,49-60,62,83,98-99,101,116-117H,9-12,17-19,24-32,35-38H2,1-3H3,(H2,77,103)(H,80,84)(H,81,102)(H,85,100)(H,86,106)(H,87,112)(H,88,113)(H,89,109)(H,90,110)(H,91,104)(H,92,105)(H,93,107)(H,94,108)(H,95,111)(H,96,114)(H4,78,79,82)/t49-,50-,51-,52+,53-,54-,55-,56-,57-,58-,59-,60-,62-/m0/s1. The van der Waals surface area contributed by atoms with Crippen molar-refractivity contribution in [3.05, 3.63) is 120 Å². The Hall–Kier alpha value is -11.9. The third-order valence-electron chi connectivity index (χ3n) is 19.5. The third-order valence-corrected chi connectivity index (χ3v) is 20.2. The fraction of sp³-hybridized carbons (Fsp3) is 0.487. The predicted octanol–water partition coefficient (Wildman–Crippen LogP) is -4.98. The highest BCUT2D eigenvalue weighted by Crippen LogP contribution is 2.23. The summed E-state index contributed by atoms with van der Waals surface area (Å²) in [5.74, 6) is -15.8. The first kappa shape index (κ1) is 92.3. The van der Waals surface area contributed by atoms with E-state index in [2.05, 4.69) is 115 Å². The van der Waals surface area contributed by atoms with Crippen LogP contribution in [-0.4, -0.2) is 253 Å². The Morgan fingerprint density at radius 2 is 1.21 bits per heavy atom. The number of hydrogen-bond donors (Lipinski definition) is 24. The first-order chi connectivity index (χ1) is 55.9. The summed E-state index contributed by atoms with van der Waals surface area (Å²) in [6, 6.07) is 0.825. The Labute approximate surface area is 684 Å². The number of nitrogens with zero attached hydrogens (tertiary/aromatic N) is 2. The van der Waals surface area contributed by atoms with Gasteiger partial charge in [-0.3, -0.25) is 77.3 Å². The molecule has 2 saturated heterocycles. The number of aliphatic hydroxyl groups excluding tert-OH is 2. The monoisotopic (exact) mass is 1660 g/mol. The molecule has 2 aromatic heterocycles. The Bertz CT molecular complexity index is 4290. The number of aliphatic hydroxyl groups is 2. The van der Waals surface area contributed by atoms with Gasteiger partial charge in [0.1, 0.15) is 84.3 Å². The lowest BCUT2D eigenvalue weighted by Crippen LogP contribution is -2.62.